The van der Waals surface area contributed by atoms with Gasteiger partial charge < -0.3 is 10.4 Å². The molecule has 1 amide bonds. The number of halogens is 4. The largest absolute Gasteiger partial charge is 0.416 e. The number of pyridine rings is 1. The maximum atomic E-state index is 13.0. The van der Waals surface area contributed by atoms with Gasteiger partial charge in [0.05, 0.1) is 18.4 Å². The maximum Gasteiger partial charge on any atom is 0.416 e. The molecule has 0 aliphatic heterocycles. The number of aromatic nitrogens is 7. The molecular weight excluding hydrogens is 505 g/mol. The van der Waals surface area contributed by atoms with Gasteiger partial charge >= 0.3 is 11.9 Å². The Hall–Kier alpha value is -4.04. The minimum absolute atomic E-state index is 0.0976. The van der Waals surface area contributed by atoms with Crippen LogP contribution in [0.1, 0.15) is 12.7 Å². The number of benzene rings is 1. The average molecular weight is 523 g/mol. The van der Waals surface area contributed by atoms with Crippen molar-refractivity contribution in [3.05, 3.63) is 70.4 Å². The predicted molar refractivity (Wildman–Crippen MR) is 122 cm³/mol. The lowest BCUT2D eigenvalue weighted by Crippen LogP contribution is -2.37. The van der Waals surface area contributed by atoms with Crippen molar-refractivity contribution in [2.75, 3.05) is 5.32 Å². The van der Waals surface area contributed by atoms with E-state index in [1.165, 1.54) is 54.6 Å². The van der Waals surface area contributed by atoms with E-state index >= 15 is 0 Å². The van der Waals surface area contributed by atoms with Crippen LogP contribution >= 0.6 is 11.6 Å². The van der Waals surface area contributed by atoms with Crippen molar-refractivity contribution in [2.24, 2.45) is 0 Å². The maximum absolute atomic E-state index is 13.0. The van der Waals surface area contributed by atoms with Gasteiger partial charge in [0.25, 0.3) is 0 Å². The SMILES string of the molecule is CC(=O)Nc1ccncc1-n1cnc(Cn2nc(-c3ccc(Cl)cc3)n(CC(O)C(F)(F)F)c2=O)n1. The molecule has 4 rings (SSSR count). The van der Waals surface area contributed by atoms with Crippen LogP contribution in [0.4, 0.5) is 18.9 Å². The normalized spacial score (nSPS) is 12.5. The van der Waals surface area contributed by atoms with Gasteiger partial charge in [0.2, 0.25) is 5.91 Å². The molecule has 0 radical (unpaired) electrons. The highest BCUT2D eigenvalue weighted by molar-refractivity contribution is 6.30. The van der Waals surface area contributed by atoms with Crippen molar-refractivity contribution < 1.29 is 23.1 Å². The molecule has 0 spiro atoms. The summed E-state index contributed by atoms with van der Waals surface area (Å²) in [5.41, 5.74) is 0.236. The molecule has 0 aliphatic carbocycles. The minimum atomic E-state index is -4.94. The number of nitrogens with zero attached hydrogens (tertiary/aromatic N) is 7. The van der Waals surface area contributed by atoms with Gasteiger partial charge in [-0.2, -0.15) is 13.2 Å². The molecule has 3 aromatic heterocycles. The van der Waals surface area contributed by atoms with Crippen LogP contribution in [0.25, 0.3) is 17.1 Å². The third-order valence-corrected chi connectivity index (χ3v) is 5.20. The molecule has 4 aromatic rings. The topological polar surface area (TPSA) is 133 Å². The monoisotopic (exact) mass is 522 g/mol. The number of anilines is 1. The summed E-state index contributed by atoms with van der Waals surface area (Å²) in [6, 6.07) is 7.53. The van der Waals surface area contributed by atoms with Crippen LogP contribution in [-0.4, -0.2) is 57.4 Å². The van der Waals surface area contributed by atoms with Crippen LogP contribution < -0.4 is 11.0 Å². The van der Waals surface area contributed by atoms with Crippen LogP contribution in [-0.2, 0) is 17.9 Å². The number of nitrogens with one attached hydrogen (secondary N) is 1. The van der Waals surface area contributed by atoms with E-state index < -0.39 is 24.5 Å². The predicted octanol–water partition coefficient (Wildman–Crippen LogP) is 2.27. The number of rotatable bonds is 7. The second kappa shape index (κ2) is 9.91. The number of aliphatic hydroxyl groups is 1. The van der Waals surface area contributed by atoms with Crippen LogP contribution in [0.2, 0.25) is 5.02 Å². The fourth-order valence-electron chi connectivity index (χ4n) is 3.28. The lowest BCUT2D eigenvalue weighted by molar-refractivity contribution is -0.207. The molecule has 0 saturated heterocycles. The fraction of sp³-hybridized carbons (Fsp3) is 0.238. The summed E-state index contributed by atoms with van der Waals surface area (Å²) in [6.07, 6.45) is -3.47. The molecule has 1 unspecified atom stereocenters. The molecule has 1 aromatic carbocycles. The van der Waals surface area contributed by atoms with E-state index in [4.69, 9.17) is 11.6 Å². The molecule has 0 saturated carbocycles. The Labute approximate surface area is 205 Å². The molecule has 0 fully saturated rings. The van der Waals surface area contributed by atoms with Crippen molar-refractivity contribution in [1.29, 1.82) is 0 Å². The van der Waals surface area contributed by atoms with Gasteiger partial charge in [0, 0.05) is 23.7 Å². The van der Waals surface area contributed by atoms with Gasteiger partial charge in [-0.15, -0.1) is 10.2 Å². The first-order valence-electron chi connectivity index (χ1n) is 10.3. The lowest BCUT2D eigenvalue weighted by atomic mass is 10.2. The van der Waals surface area contributed by atoms with Crippen LogP contribution in [0, 0.1) is 0 Å². The molecule has 0 aliphatic rings. The number of carbonyl (C=O) groups excluding carboxylic acids is 1. The zero-order valence-corrected chi connectivity index (χ0v) is 19.3. The van der Waals surface area contributed by atoms with Crippen molar-refractivity contribution in [2.45, 2.75) is 32.3 Å². The highest BCUT2D eigenvalue weighted by Crippen LogP contribution is 2.24. The van der Waals surface area contributed by atoms with Gasteiger partial charge in [-0.3, -0.25) is 14.3 Å². The van der Waals surface area contributed by atoms with Gasteiger partial charge in [-0.25, -0.2) is 19.1 Å². The molecule has 15 heteroatoms. The summed E-state index contributed by atoms with van der Waals surface area (Å²) in [6.45, 7) is 0.00288. The quantitative estimate of drug-likeness (QED) is 0.380. The number of alkyl halides is 3. The number of hydrogen-bond acceptors (Lipinski definition) is 7. The number of hydrogen-bond donors (Lipinski definition) is 2. The molecule has 3 heterocycles. The molecule has 36 heavy (non-hydrogen) atoms. The standard InChI is InChI=1S/C21H18ClF3N8O3/c1-12(34)28-15-6-7-26-8-16(15)33-11-27-18(29-33)10-32-20(36)31(9-17(35)21(23,24)25)19(30-32)13-2-4-14(22)5-3-13/h2-8,11,17,35H,9-10H2,1H3,(H,26,28,34). The number of carbonyl (C=O) groups is 1. The van der Waals surface area contributed by atoms with E-state index in [2.05, 4.69) is 25.5 Å². The summed E-state index contributed by atoms with van der Waals surface area (Å²) < 4.78 is 42.0. The highest BCUT2D eigenvalue weighted by atomic mass is 35.5. The molecule has 188 valence electrons. The van der Waals surface area contributed by atoms with Crippen molar-refractivity contribution >= 4 is 23.2 Å². The number of amides is 1. The fourth-order valence-corrected chi connectivity index (χ4v) is 3.41. The summed E-state index contributed by atoms with van der Waals surface area (Å²) in [5.74, 6) is -0.298. The Morgan fingerprint density at radius 2 is 1.92 bits per heavy atom. The Balaban J connectivity index is 1.69. The second-order valence-corrected chi connectivity index (χ2v) is 8.05. The summed E-state index contributed by atoms with van der Waals surface area (Å²) in [4.78, 5) is 32.6. The van der Waals surface area contributed by atoms with E-state index in [1.54, 1.807) is 6.07 Å². The first kappa shape index (κ1) is 25.1. The van der Waals surface area contributed by atoms with E-state index in [1.807, 2.05) is 0 Å². The molecular formula is C21H18ClF3N8O3. The van der Waals surface area contributed by atoms with Gasteiger partial charge in [0.1, 0.15) is 18.6 Å². The Kier molecular flexibility index (Phi) is 6.90. The minimum Gasteiger partial charge on any atom is -0.382 e. The van der Waals surface area contributed by atoms with Crippen molar-refractivity contribution in [1.82, 2.24) is 34.1 Å². The lowest BCUT2D eigenvalue weighted by Gasteiger charge is -2.15. The summed E-state index contributed by atoms with van der Waals surface area (Å²) in [5, 5.41) is 21.0. The van der Waals surface area contributed by atoms with Crippen molar-refractivity contribution in [3.63, 3.8) is 0 Å². The first-order valence-corrected chi connectivity index (χ1v) is 10.7. The molecule has 2 N–H and O–H groups in total. The van der Waals surface area contributed by atoms with E-state index in [0.717, 1.165) is 9.25 Å². The van der Waals surface area contributed by atoms with E-state index in [-0.39, 0.29) is 24.1 Å². The Bertz CT molecular complexity index is 1450. The molecule has 11 nitrogen and oxygen atoms in total. The average Bonchev–Trinajstić information content (AvgIpc) is 3.39. The zero-order valence-electron chi connectivity index (χ0n) is 18.5. The third-order valence-electron chi connectivity index (χ3n) is 4.95. The van der Waals surface area contributed by atoms with Crippen LogP contribution in [0.15, 0.2) is 53.8 Å². The van der Waals surface area contributed by atoms with Crippen molar-refractivity contribution in [3.8, 4) is 17.1 Å². The Morgan fingerprint density at radius 1 is 1.19 bits per heavy atom. The molecule has 1 atom stereocenters. The molecule has 0 bridgehead atoms. The summed E-state index contributed by atoms with van der Waals surface area (Å²) >= 11 is 5.89. The van der Waals surface area contributed by atoms with Gasteiger partial charge in [0.15, 0.2) is 17.8 Å². The zero-order chi connectivity index (χ0) is 26.0. The van der Waals surface area contributed by atoms with Gasteiger partial charge in [-0.05, 0) is 30.3 Å². The smallest absolute Gasteiger partial charge is 0.382 e. The van der Waals surface area contributed by atoms with Crippen LogP contribution in [0.5, 0.6) is 0 Å². The highest BCUT2D eigenvalue weighted by Gasteiger charge is 2.39. The van der Waals surface area contributed by atoms with E-state index in [0.29, 0.717) is 22.0 Å². The number of aliphatic hydroxyl groups excluding tert-OH is 1. The third kappa shape index (κ3) is 5.44. The van der Waals surface area contributed by atoms with Crippen LogP contribution in [0.3, 0.4) is 0 Å². The second-order valence-electron chi connectivity index (χ2n) is 7.62. The summed E-state index contributed by atoms with van der Waals surface area (Å²) in [7, 11) is 0. The van der Waals surface area contributed by atoms with Gasteiger partial charge in [-0.1, -0.05) is 11.6 Å². The van der Waals surface area contributed by atoms with E-state index in [9.17, 15) is 27.9 Å². The Morgan fingerprint density at radius 3 is 2.58 bits per heavy atom. The first-order chi connectivity index (χ1) is 17.0.